The summed E-state index contributed by atoms with van der Waals surface area (Å²) in [5.74, 6) is 0.839. The lowest BCUT2D eigenvalue weighted by molar-refractivity contribution is -0.121. The molecule has 1 aromatic heterocycles. The van der Waals surface area contributed by atoms with Gasteiger partial charge in [0.2, 0.25) is 11.9 Å². The molecule has 2 heterocycles. The number of piperidine rings is 1. The highest BCUT2D eigenvalue weighted by Crippen LogP contribution is 2.15. The third kappa shape index (κ3) is 5.28. The highest BCUT2D eigenvalue weighted by molar-refractivity contribution is 5.76. The molecule has 1 saturated heterocycles. The van der Waals surface area contributed by atoms with Gasteiger partial charge in [-0.25, -0.2) is 9.97 Å². The Labute approximate surface area is 149 Å². The molecule has 1 aliphatic rings. The number of rotatable bonds is 6. The fourth-order valence-electron chi connectivity index (χ4n) is 3.13. The Hall–Kier alpha value is -2.43. The molecule has 0 unspecified atom stereocenters. The predicted molar refractivity (Wildman–Crippen MR) is 99.4 cm³/mol. The van der Waals surface area contributed by atoms with E-state index in [4.69, 9.17) is 0 Å². The third-order valence-electron chi connectivity index (χ3n) is 4.53. The van der Waals surface area contributed by atoms with Crippen LogP contribution in [0.5, 0.6) is 0 Å². The van der Waals surface area contributed by atoms with E-state index in [-0.39, 0.29) is 5.91 Å². The van der Waals surface area contributed by atoms with Gasteiger partial charge >= 0.3 is 0 Å². The molecule has 0 bridgehead atoms. The molecule has 2 aromatic rings. The van der Waals surface area contributed by atoms with Gasteiger partial charge in [0.1, 0.15) is 0 Å². The smallest absolute Gasteiger partial charge is 0.225 e. The van der Waals surface area contributed by atoms with E-state index in [1.54, 1.807) is 6.20 Å². The van der Waals surface area contributed by atoms with Gasteiger partial charge in [0.15, 0.2) is 0 Å². The largest absolute Gasteiger partial charge is 0.350 e. The first-order valence-corrected chi connectivity index (χ1v) is 9.10. The summed E-state index contributed by atoms with van der Waals surface area (Å²) < 4.78 is 0. The van der Waals surface area contributed by atoms with Crippen LogP contribution in [0.3, 0.4) is 0 Å². The Balaban J connectivity index is 1.48. The Morgan fingerprint density at radius 1 is 1.20 bits per heavy atom. The number of nitrogens with one attached hydrogen (secondary N) is 1. The molecule has 0 radical (unpaired) electrons. The van der Waals surface area contributed by atoms with Gasteiger partial charge in [-0.1, -0.05) is 29.8 Å². The number of hydrogen-bond donors (Lipinski definition) is 1. The molecule has 0 aliphatic carbocycles. The summed E-state index contributed by atoms with van der Waals surface area (Å²) in [5, 5.41) is 2.97. The molecular weight excluding hydrogens is 312 g/mol. The van der Waals surface area contributed by atoms with Crippen molar-refractivity contribution in [2.24, 2.45) is 0 Å². The fraction of sp³-hybridized carbons (Fsp3) is 0.450. The molecule has 0 spiro atoms. The summed E-state index contributed by atoms with van der Waals surface area (Å²) in [7, 11) is 0. The van der Waals surface area contributed by atoms with E-state index in [2.05, 4.69) is 45.3 Å². The summed E-state index contributed by atoms with van der Waals surface area (Å²) in [6, 6.07) is 10.2. The summed E-state index contributed by atoms with van der Waals surface area (Å²) in [6.07, 6.45) is 6.72. The van der Waals surface area contributed by atoms with Gasteiger partial charge in [-0.05, 0) is 44.2 Å². The van der Waals surface area contributed by atoms with E-state index in [9.17, 15) is 4.79 Å². The molecule has 5 nitrogen and oxygen atoms in total. The highest BCUT2D eigenvalue weighted by atomic mass is 16.1. The molecule has 5 heteroatoms. The molecule has 1 N–H and O–H groups in total. The van der Waals surface area contributed by atoms with Crippen LogP contribution in [0.25, 0.3) is 0 Å². The van der Waals surface area contributed by atoms with Crippen LogP contribution in [0.15, 0.2) is 36.5 Å². The molecule has 25 heavy (non-hydrogen) atoms. The van der Waals surface area contributed by atoms with Gasteiger partial charge in [-0.2, -0.15) is 0 Å². The van der Waals surface area contributed by atoms with Crippen LogP contribution < -0.4 is 10.2 Å². The maximum absolute atomic E-state index is 12.1. The summed E-state index contributed by atoms with van der Waals surface area (Å²) in [5.41, 5.74) is 3.29. The maximum atomic E-state index is 12.1. The first-order chi connectivity index (χ1) is 12.2. The lowest BCUT2D eigenvalue weighted by Gasteiger charge is -2.26. The van der Waals surface area contributed by atoms with Crippen LogP contribution >= 0.6 is 0 Å². The SMILES string of the molecule is Cc1cccc(CCC(=O)NCc2ccnc(N3CCCCC3)n2)c1. The van der Waals surface area contributed by atoms with E-state index in [1.165, 1.54) is 30.4 Å². The lowest BCUT2D eigenvalue weighted by atomic mass is 10.1. The van der Waals surface area contributed by atoms with Crippen LogP contribution in [-0.4, -0.2) is 29.0 Å². The maximum Gasteiger partial charge on any atom is 0.225 e. The van der Waals surface area contributed by atoms with Gasteiger partial charge in [-0.3, -0.25) is 4.79 Å². The Kier molecular flexibility index (Phi) is 5.99. The second-order valence-electron chi connectivity index (χ2n) is 6.66. The van der Waals surface area contributed by atoms with Gasteiger partial charge in [0, 0.05) is 25.7 Å². The number of aryl methyl sites for hydroxylation is 2. The van der Waals surface area contributed by atoms with E-state index >= 15 is 0 Å². The summed E-state index contributed by atoms with van der Waals surface area (Å²) in [4.78, 5) is 23.3. The van der Waals surface area contributed by atoms with Gasteiger partial charge in [0.05, 0.1) is 12.2 Å². The average Bonchev–Trinajstić information content (AvgIpc) is 2.66. The van der Waals surface area contributed by atoms with Crippen LogP contribution in [0.2, 0.25) is 0 Å². The second-order valence-corrected chi connectivity index (χ2v) is 6.66. The zero-order valence-electron chi connectivity index (χ0n) is 14.9. The summed E-state index contributed by atoms with van der Waals surface area (Å²) >= 11 is 0. The van der Waals surface area contributed by atoms with E-state index in [0.29, 0.717) is 13.0 Å². The normalized spacial score (nSPS) is 14.4. The number of anilines is 1. The second kappa shape index (κ2) is 8.60. The van der Waals surface area contributed by atoms with Gasteiger partial charge in [-0.15, -0.1) is 0 Å². The van der Waals surface area contributed by atoms with E-state index in [1.807, 2.05) is 12.1 Å². The third-order valence-corrected chi connectivity index (χ3v) is 4.53. The van der Waals surface area contributed by atoms with Crippen molar-refractivity contribution in [2.45, 2.75) is 45.6 Å². The van der Waals surface area contributed by atoms with Crippen molar-refractivity contribution in [1.29, 1.82) is 0 Å². The molecule has 1 aromatic carbocycles. The van der Waals surface area contributed by atoms with Crippen LogP contribution in [0.1, 0.15) is 42.5 Å². The van der Waals surface area contributed by atoms with E-state index in [0.717, 1.165) is 31.2 Å². The molecule has 1 amide bonds. The highest BCUT2D eigenvalue weighted by Gasteiger charge is 2.13. The molecule has 0 saturated carbocycles. The molecule has 132 valence electrons. The Morgan fingerprint density at radius 3 is 2.84 bits per heavy atom. The van der Waals surface area contributed by atoms with Crippen molar-refractivity contribution >= 4 is 11.9 Å². The van der Waals surface area contributed by atoms with Crippen molar-refractivity contribution in [3.05, 3.63) is 53.3 Å². The van der Waals surface area contributed by atoms with E-state index < -0.39 is 0 Å². The minimum absolute atomic E-state index is 0.0552. The van der Waals surface area contributed by atoms with Crippen molar-refractivity contribution in [2.75, 3.05) is 18.0 Å². The topological polar surface area (TPSA) is 58.1 Å². The standard InChI is InChI=1S/C20H26N4O/c1-16-6-5-7-17(14-16)8-9-19(25)22-15-18-10-11-21-20(23-18)24-12-3-2-4-13-24/h5-7,10-11,14H,2-4,8-9,12-13,15H2,1H3,(H,22,25). The molecular formula is C20H26N4O. The van der Waals surface area contributed by atoms with Crippen molar-refractivity contribution in [3.8, 4) is 0 Å². The molecule has 0 atom stereocenters. The number of aromatic nitrogens is 2. The van der Waals surface area contributed by atoms with Crippen molar-refractivity contribution in [1.82, 2.24) is 15.3 Å². The number of benzene rings is 1. The number of carbonyl (C=O) groups is 1. The molecule has 3 rings (SSSR count). The number of nitrogens with zero attached hydrogens (tertiary/aromatic N) is 3. The first-order valence-electron chi connectivity index (χ1n) is 9.10. The molecule has 1 aliphatic heterocycles. The fourth-order valence-corrected chi connectivity index (χ4v) is 3.13. The van der Waals surface area contributed by atoms with Crippen LogP contribution in [-0.2, 0) is 17.8 Å². The van der Waals surface area contributed by atoms with Gasteiger partial charge in [0.25, 0.3) is 0 Å². The minimum Gasteiger partial charge on any atom is -0.350 e. The zero-order valence-corrected chi connectivity index (χ0v) is 14.9. The quantitative estimate of drug-likeness (QED) is 0.879. The van der Waals surface area contributed by atoms with Gasteiger partial charge < -0.3 is 10.2 Å². The monoisotopic (exact) mass is 338 g/mol. The van der Waals surface area contributed by atoms with Crippen molar-refractivity contribution in [3.63, 3.8) is 0 Å². The van der Waals surface area contributed by atoms with Crippen LogP contribution in [0.4, 0.5) is 5.95 Å². The molecule has 1 fully saturated rings. The Bertz CT molecular complexity index is 710. The predicted octanol–water partition coefficient (Wildman–Crippen LogP) is 3.02. The summed E-state index contributed by atoms with van der Waals surface area (Å²) in [6.45, 7) is 4.56. The lowest BCUT2D eigenvalue weighted by Crippen LogP contribution is -2.31. The van der Waals surface area contributed by atoms with Crippen molar-refractivity contribution < 1.29 is 4.79 Å². The zero-order chi connectivity index (χ0) is 17.5. The average molecular weight is 338 g/mol. The van der Waals surface area contributed by atoms with Crippen LogP contribution in [0, 0.1) is 6.92 Å². The Morgan fingerprint density at radius 2 is 2.04 bits per heavy atom. The number of amides is 1. The first kappa shape index (κ1) is 17.4. The minimum atomic E-state index is 0.0552. The number of carbonyl (C=O) groups excluding carboxylic acids is 1. The number of hydrogen-bond acceptors (Lipinski definition) is 4.